The largest absolute Gasteiger partial charge is 0.496 e. The summed E-state index contributed by atoms with van der Waals surface area (Å²) in [5.41, 5.74) is 2.15. The van der Waals surface area contributed by atoms with E-state index < -0.39 is 0 Å². The first kappa shape index (κ1) is 9.34. The molecule has 1 atom stereocenters. The molecular formula is C11H14O3. The van der Waals surface area contributed by atoms with Crippen LogP contribution in [0.15, 0.2) is 12.1 Å². The first-order valence-electron chi connectivity index (χ1n) is 4.61. The van der Waals surface area contributed by atoms with Gasteiger partial charge in [0.2, 0.25) is 0 Å². The van der Waals surface area contributed by atoms with Gasteiger partial charge in [0.15, 0.2) is 0 Å². The molecule has 0 radical (unpaired) electrons. The van der Waals surface area contributed by atoms with Gasteiger partial charge < -0.3 is 14.2 Å². The average Bonchev–Trinajstić information content (AvgIpc) is 3.00. The van der Waals surface area contributed by atoms with Crippen LogP contribution in [-0.4, -0.2) is 20.8 Å². The molecule has 1 aromatic carbocycles. The second kappa shape index (κ2) is 3.50. The van der Waals surface area contributed by atoms with E-state index in [1.54, 1.807) is 14.2 Å². The van der Waals surface area contributed by atoms with Crippen molar-refractivity contribution in [2.45, 2.75) is 13.0 Å². The average molecular weight is 194 g/mol. The van der Waals surface area contributed by atoms with Gasteiger partial charge in [-0.2, -0.15) is 0 Å². The van der Waals surface area contributed by atoms with Crippen molar-refractivity contribution in [3.63, 3.8) is 0 Å². The Morgan fingerprint density at radius 3 is 2.50 bits per heavy atom. The van der Waals surface area contributed by atoms with Crippen LogP contribution in [0.25, 0.3) is 0 Å². The van der Waals surface area contributed by atoms with Crippen LogP contribution in [0.5, 0.6) is 11.5 Å². The maximum atomic E-state index is 5.36. The highest BCUT2D eigenvalue weighted by atomic mass is 16.6. The molecule has 0 bridgehead atoms. The Balaban J connectivity index is 2.46. The van der Waals surface area contributed by atoms with E-state index in [0.717, 1.165) is 29.2 Å². The number of ether oxygens (including phenoxy) is 3. The van der Waals surface area contributed by atoms with Crippen molar-refractivity contribution in [3.05, 3.63) is 23.3 Å². The minimum absolute atomic E-state index is 0.217. The zero-order valence-corrected chi connectivity index (χ0v) is 8.66. The van der Waals surface area contributed by atoms with Gasteiger partial charge in [-0.25, -0.2) is 0 Å². The molecule has 1 unspecified atom stereocenters. The second-order valence-corrected chi connectivity index (χ2v) is 3.34. The van der Waals surface area contributed by atoms with Gasteiger partial charge in [-0.3, -0.25) is 0 Å². The summed E-state index contributed by atoms with van der Waals surface area (Å²) in [6, 6.07) is 3.96. The highest BCUT2D eigenvalue weighted by Gasteiger charge is 2.29. The fourth-order valence-electron chi connectivity index (χ4n) is 1.67. The minimum atomic E-state index is 0.217. The van der Waals surface area contributed by atoms with Crippen LogP contribution >= 0.6 is 0 Å². The smallest absolute Gasteiger partial charge is 0.131 e. The monoisotopic (exact) mass is 194 g/mol. The van der Waals surface area contributed by atoms with E-state index in [-0.39, 0.29) is 6.10 Å². The molecule has 3 nitrogen and oxygen atoms in total. The molecule has 14 heavy (non-hydrogen) atoms. The van der Waals surface area contributed by atoms with Crippen molar-refractivity contribution >= 4 is 0 Å². The van der Waals surface area contributed by atoms with Gasteiger partial charge in [0.05, 0.1) is 20.8 Å². The van der Waals surface area contributed by atoms with Gasteiger partial charge >= 0.3 is 0 Å². The van der Waals surface area contributed by atoms with Crippen LogP contribution in [0, 0.1) is 6.92 Å². The summed E-state index contributed by atoms with van der Waals surface area (Å²) in [6.45, 7) is 2.78. The number of hydrogen-bond donors (Lipinski definition) is 0. The van der Waals surface area contributed by atoms with Crippen molar-refractivity contribution in [1.82, 2.24) is 0 Å². The summed E-state index contributed by atoms with van der Waals surface area (Å²) in [6.07, 6.45) is 0.217. The number of rotatable bonds is 3. The Morgan fingerprint density at radius 2 is 2.00 bits per heavy atom. The van der Waals surface area contributed by atoms with Crippen LogP contribution in [0.2, 0.25) is 0 Å². The summed E-state index contributed by atoms with van der Waals surface area (Å²) in [5.74, 6) is 1.73. The van der Waals surface area contributed by atoms with E-state index in [9.17, 15) is 0 Å². The molecular weight excluding hydrogens is 180 g/mol. The van der Waals surface area contributed by atoms with Gasteiger partial charge in [-0.1, -0.05) is 0 Å². The maximum Gasteiger partial charge on any atom is 0.131 e. The molecule has 1 fully saturated rings. The number of hydrogen-bond acceptors (Lipinski definition) is 3. The Kier molecular flexibility index (Phi) is 2.33. The van der Waals surface area contributed by atoms with Gasteiger partial charge in [-0.05, 0) is 19.1 Å². The molecule has 0 N–H and O–H groups in total. The molecule has 0 spiro atoms. The van der Waals surface area contributed by atoms with Crippen molar-refractivity contribution in [2.24, 2.45) is 0 Å². The predicted molar refractivity (Wildman–Crippen MR) is 53.0 cm³/mol. The number of methoxy groups -OCH3 is 2. The first-order valence-corrected chi connectivity index (χ1v) is 4.61. The zero-order chi connectivity index (χ0) is 10.1. The lowest BCUT2D eigenvalue weighted by Gasteiger charge is -2.12. The highest BCUT2D eigenvalue weighted by molar-refractivity contribution is 5.50. The molecule has 0 aliphatic carbocycles. The van der Waals surface area contributed by atoms with Crippen molar-refractivity contribution < 1.29 is 14.2 Å². The molecule has 2 rings (SSSR count). The second-order valence-electron chi connectivity index (χ2n) is 3.34. The predicted octanol–water partition coefficient (Wildman–Crippen LogP) is 2.08. The molecule has 0 saturated carbocycles. The van der Waals surface area contributed by atoms with Crippen molar-refractivity contribution in [1.29, 1.82) is 0 Å². The van der Waals surface area contributed by atoms with Gasteiger partial charge in [0, 0.05) is 11.1 Å². The van der Waals surface area contributed by atoms with Gasteiger partial charge in [0.1, 0.15) is 17.6 Å². The van der Waals surface area contributed by atoms with Gasteiger partial charge in [-0.15, -0.1) is 0 Å². The van der Waals surface area contributed by atoms with Crippen molar-refractivity contribution in [3.8, 4) is 11.5 Å². The summed E-state index contributed by atoms with van der Waals surface area (Å²) in [7, 11) is 3.34. The Labute approximate surface area is 83.6 Å². The lowest BCUT2D eigenvalue weighted by atomic mass is 10.1. The minimum Gasteiger partial charge on any atom is -0.496 e. The van der Waals surface area contributed by atoms with E-state index >= 15 is 0 Å². The lowest BCUT2D eigenvalue weighted by Crippen LogP contribution is -1.96. The van der Waals surface area contributed by atoms with Crippen LogP contribution in [-0.2, 0) is 4.74 Å². The third-order valence-corrected chi connectivity index (χ3v) is 2.49. The standard InChI is InChI=1S/C11H14O3/c1-7-9(12-2)5-4-8(10-6-14-10)11(7)13-3/h4-5,10H,6H2,1-3H3. The Bertz CT molecular complexity index is 343. The van der Waals surface area contributed by atoms with Crippen LogP contribution < -0.4 is 9.47 Å². The molecule has 1 saturated heterocycles. The van der Waals surface area contributed by atoms with Crippen LogP contribution in [0.3, 0.4) is 0 Å². The topological polar surface area (TPSA) is 31.0 Å². The SMILES string of the molecule is COc1ccc(C2CO2)c(OC)c1C. The lowest BCUT2D eigenvalue weighted by molar-refractivity contribution is 0.371. The van der Waals surface area contributed by atoms with E-state index in [2.05, 4.69) is 0 Å². The molecule has 1 aliphatic rings. The summed E-state index contributed by atoms with van der Waals surface area (Å²) in [5, 5.41) is 0. The first-order chi connectivity index (χ1) is 6.77. The Morgan fingerprint density at radius 1 is 1.29 bits per heavy atom. The zero-order valence-electron chi connectivity index (χ0n) is 8.66. The fraction of sp³-hybridized carbons (Fsp3) is 0.455. The number of benzene rings is 1. The molecule has 0 amide bonds. The van der Waals surface area contributed by atoms with Crippen LogP contribution in [0.4, 0.5) is 0 Å². The highest BCUT2D eigenvalue weighted by Crippen LogP contribution is 2.40. The third-order valence-electron chi connectivity index (χ3n) is 2.49. The molecule has 1 aromatic rings. The summed E-state index contributed by atoms with van der Waals surface area (Å²) in [4.78, 5) is 0. The molecule has 1 aliphatic heterocycles. The fourth-order valence-corrected chi connectivity index (χ4v) is 1.67. The summed E-state index contributed by atoms with van der Waals surface area (Å²) >= 11 is 0. The number of epoxide rings is 1. The summed E-state index contributed by atoms with van der Waals surface area (Å²) < 4.78 is 15.8. The molecule has 1 heterocycles. The molecule has 76 valence electrons. The molecule has 3 heteroatoms. The van der Waals surface area contributed by atoms with Crippen LogP contribution in [0.1, 0.15) is 17.2 Å². The molecule has 0 aromatic heterocycles. The third kappa shape index (κ3) is 1.44. The quantitative estimate of drug-likeness (QED) is 0.690. The van der Waals surface area contributed by atoms with Crippen molar-refractivity contribution in [2.75, 3.05) is 20.8 Å². The van der Waals surface area contributed by atoms with E-state index in [4.69, 9.17) is 14.2 Å². The van der Waals surface area contributed by atoms with Gasteiger partial charge in [0.25, 0.3) is 0 Å². The maximum absolute atomic E-state index is 5.36. The normalized spacial score (nSPS) is 19.2. The van der Waals surface area contributed by atoms with E-state index in [0.29, 0.717) is 0 Å². The van der Waals surface area contributed by atoms with E-state index in [1.165, 1.54) is 0 Å². The van der Waals surface area contributed by atoms with E-state index in [1.807, 2.05) is 19.1 Å². The Hall–Kier alpha value is -1.22.